The molecular formula is C51H35N3. The van der Waals surface area contributed by atoms with Crippen LogP contribution in [0.1, 0.15) is 33.9 Å². The topological polar surface area (TPSA) is 37.1 Å². The molecule has 0 amide bonds. The highest BCUT2D eigenvalue weighted by Crippen LogP contribution is 2.42. The van der Waals surface area contributed by atoms with E-state index >= 15 is 0 Å². The van der Waals surface area contributed by atoms with Crippen LogP contribution < -0.4 is 0 Å². The number of rotatable bonds is 5. The highest BCUT2D eigenvalue weighted by Gasteiger charge is 2.19. The second-order valence-corrected chi connectivity index (χ2v) is 13.9. The van der Waals surface area contributed by atoms with E-state index in [9.17, 15) is 0 Å². The lowest BCUT2D eigenvalue weighted by Crippen LogP contribution is -2.04. The zero-order valence-corrected chi connectivity index (χ0v) is 29.6. The second kappa shape index (κ2) is 13.5. The minimum atomic E-state index is -0.234. The maximum atomic E-state index is 5.08. The lowest BCUT2D eigenvalue weighted by atomic mass is 9.86. The van der Waals surface area contributed by atoms with Crippen LogP contribution in [-0.4, -0.2) is 17.9 Å². The maximum Gasteiger partial charge on any atom is 0.161 e. The summed E-state index contributed by atoms with van der Waals surface area (Å²) in [6.45, 7) is 0. The fourth-order valence-corrected chi connectivity index (χ4v) is 8.03. The van der Waals surface area contributed by atoms with Crippen LogP contribution in [0, 0.1) is 0 Å². The summed E-state index contributed by atoms with van der Waals surface area (Å²) in [5.74, 6) is 1.32. The molecule has 0 fully saturated rings. The van der Waals surface area contributed by atoms with Gasteiger partial charge in [0, 0.05) is 17.3 Å². The van der Waals surface area contributed by atoms with Crippen LogP contribution in [0.5, 0.6) is 0 Å². The second-order valence-electron chi connectivity index (χ2n) is 13.9. The van der Waals surface area contributed by atoms with Gasteiger partial charge in [0.15, 0.2) is 11.7 Å². The van der Waals surface area contributed by atoms with Gasteiger partial charge in [-0.05, 0) is 83.7 Å². The molecule has 3 nitrogen and oxygen atoms in total. The number of aliphatic imine (C=N–C) groups is 3. The number of nitrogens with zero attached hydrogens (tertiary/aromatic N) is 3. The summed E-state index contributed by atoms with van der Waals surface area (Å²) < 4.78 is 0. The molecule has 1 atom stereocenters. The molecule has 254 valence electrons. The highest BCUT2D eigenvalue weighted by molar-refractivity contribution is 6.16. The van der Waals surface area contributed by atoms with E-state index in [2.05, 4.69) is 152 Å². The average Bonchev–Trinajstić information content (AvgIpc) is 3.64. The third kappa shape index (κ3) is 5.67. The third-order valence-electron chi connectivity index (χ3n) is 10.7. The van der Waals surface area contributed by atoms with Gasteiger partial charge in [0.1, 0.15) is 6.04 Å². The largest absolute Gasteiger partial charge is 0.252 e. The summed E-state index contributed by atoms with van der Waals surface area (Å²) in [4.78, 5) is 15.1. The van der Waals surface area contributed by atoms with Gasteiger partial charge in [-0.25, -0.2) is 9.98 Å². The predicted octanol–water partition coefficient (Wildman–Crippen LogP) is 12.6. The van der Waals surface area contributed by atoms with Gasteiger partial charge in [-0.1, -0.05) is 182 Å². The van der Waals surface area contributed by atoms with Gasteiger partial charge in [-0.2, -0.15) is 0 Å². The number of benzene rings is 8. The number of amidine groups is 2. The first-order valence-electron chi connectivity index (χ1n) is 18.5. The normalized spacial score (nSPS) is 15.1. The number of allylic oxidation sites excluding steroid dienone is 3. The smallest absolute Gasteiger partial charge is 0.161 e. The van der Waals surface area contributed by atoms with Crippen LogP contribution in [0.3, 0.4) is 0 Å². The molecule has 0 aromatic heterocycles. The Morgan fingerprint density at radius 2 is 1.15 bits per heavy atom. The van der Waals surface area contributed by atoms with Crippen molar-refractivity contribution >= 4 is 56.3 Å². The van der Waals surface area contributed by atoms with Gasteiger partial charge in [0.25, 0.3) is 0 Å². The molecule has 1 heterocycles. The molecule has 0 spiro atoms. The summed E-state index contributed by atoms with van der Waals surface area (Å²) in [5, 5.41) is 7.63. The maximum absolute atomic E-state index is 5.08. The predicted molar refractivity (Wildman–Crippen MR) is 229 cm³/mol. The Bertz CT molecular complexity index is 2880. The molecule has 1 aliphatic heterocycles. The standard InChI is InChI=1S/C51H35N3/c1-4-15-35(16-5-1)48-33-52-50(54-51(53-48)37-17-6-2-7-18-37)38-26-24-36(25-27-38)49-40-19-11-10-14-34(40)28-30-41(49)39-29-31-46-44-23-13-12-22-42(44)43-20-8-3-9-21-45(43)47(46)32-39/h1-19,21-33,48H,20H2. The first-order valence-corrected chi connectivity index (χ1v) is 18.5. The van der Waals surface area contributed by atoms with E-state index in [1.54, 1.807) is 0 Å². The Labute approximate surface area is 314 Å². The number of fused-ring (bicyclic) bond motifs is 7. The molecule has 0 saturated carbocycles. The van der Waals surface area contributed by atoms with E-state index in [-0.39, 0.29) is 6.04 Å². The molecule has 0 radical (unpaired) electrons. The van der Waals surface area contributed by atoms with Crippen molar-refractivity contribution < 1.29 is 0 Å². The Balaban J connectivity index is 1.10. The molecule has 0 bridgehead atoms. The minimum absolute atomic E-state index is 0.234. The van der Waals surface area contributed by atoms with Gasteiger partial charge in [0.05, 0.1) is 0 Å². The average molecular weight is 690 g/mol. The minimum Gasteiger partial charge on any atom is -0.252 e. The van der Waals surface area contributed by atoms with E-state index in [1.165, 1.54) is 60.1 Å². The summed E-state index contributed by atoms with van der Waals surface area (Å²) >= 11 is 0. The molecule has 1 unspecified atom stereocenters. The quantitative estimate of drug-likeness (QED) is 0.161. The highest BCUT2D eigenvalue weighted by atomic mass is 15.0. The summed E-state index contributed by atoms with van der Waals surface area (Å²) in [6, 6.07) is 58.0. The van der Waals surface area contributed by atoms with Crippen LogP contribution in [-0.2, 0) is 6.42 Å². The lowest BCUT2D eigenvalue weighted by molar-refractivity contribution is 0.983. The van der Waals surface area contributed by atoms with Gasteiger partial charge < -0.3 is 0 Å². The van der Waals surface area contributed by atoms with Crippen LogP contribution in [0.2, 0.25) is 0 Å². The molecule has 0 saturated heterocycles. The van der Waals surface area contributed by atoms with E-state index in [0.29, 0.717) is 11.7 Å². The third-order valence-corrected chi connectivity index (χ3v) is 10.7. The summed E-state index contributed by atoms with van der Waals surface area (Å²) in [7, 11) is 0. The van der Waals surface area contributed by atoms with Gasteiger partial charge in [-0.15, -0.1) is 0 Å². The van der Waals surface area contributed by atoms with Crippen LogP contribution in [0.4, 0.5) is 0 Å². The van der Waals surface area contributed by atoms with Crippen LogP contribution >= 0.6 is 0 Å². The first kappa shape index (κ1) is 31.7. The molecule has 0 N–H and O–H groups in total. The van der Waals surface area contributed by atoms with Crippen molar-refractivity contribution in [3.63, 3.8) is 0 Å². The molecule has 2 aliphatic rings. The fourth-order valence-electron chi connectivity index (χ4n) is 8.03. The summed E-state index contributed by atoms with van der Waals surface area (Å²) in [6.07, 6.45) is 11.7. The molecule has 10 rings (SSSR count). The fraction of sp³-hybridized carbons (Fsp3) is 0.0392. The van der Waals surface area contributed by atoms with Crippen molar-refractivity contribution in [2.45, 2.75) is 12.5 Å². The molecule has 8 aromatic rings. The Morgan fingerprint density at radius 1 is 0.481 bits per heavy atom. The van der Waals surface area contributed by atoms with Crippen molar-refractivity contribution in [1.29, 1.82) is 0 Å². The Kier molecular flexibility index (Phi) is 7.96. The van der Waals surface area contributed by atoms with E-state index in [4.69, 9.17) is 15.0 Å². The molecule has 8 aromatic carbocycles. The van der Waals surface area contributed by atoms with Gasteiger partial charge >= 0.3 is 0 Å². The van der Waals surface area contributed by atoms with Crippen molar-refractivity contribution in [3.8, 4) is 22.3 Å². The van der Waals surface area contributed by atoms with Crippen molar-refractivity contribution in [2.75, 3.05) is 0 Å². The molecule has 1 aliphatic carbocycles. The van der Waals surface area contributed by atoms with Crippen molar-refractivity contribution in [3.05, 3.63) is 210 Å². The van der Waals surface area contributed by atoms with E-state index in [1.807, 2.05) is 42.6 Å². The molecule has 3 heteroatoms. The van der Waals surface area contributed by atoms with E-state index < -0.39 is 0 Å². The zero-order chi connectivity index (χ0) is 35.8. The SMILES string of the molecule is C1=CCc2c(c3cc(-c4ccc5ccccc5c4-c4ccc(C5=NC(c6ccccc6)=NC(c6ccccc6)C=N5)cc4)ccc3c3ccccc23)C=C1. The van der Waals surface area contributed by atoms with Crippen LogP contribution in [0.15, 0.2) is 197 Å². The Hall–Kier alpha value is -6.97. The molecular weight excluding hydrogens is 655 g/mol. The van der Waals surface area contributed by atoms with Crippen LogP contribution in [0.25, 0.3) is 60.6 Å². The zero-order valence-electron chi connectivity index (χ0n) is 29.6. The van der Waals surface area contributed by atoms with E-state index in [0.717, 1.165) is 28.7 Å². The monoisotopic (exact) mass is 689 g/mol. The van der Waals surface area contributed by atoms with Crippen molar-refractivity contribution in [2.24, 2.45) is 15.0 Å². The lowest BCUT2D eigenvalue weighted by Gasteiger charge is -2.18. The molecule has 54 heavy (non-hydrogen) atoms. The van der Waals surface area contributed by atoms with Gasteiger partial charge in [-0.3, -0.25) is 4.99 Å². The van der Waals surface area contributed by atoms with Crippen molar-refractivity contribution in [1.82, 2.24) is 0 Å². The number of hydrogen-bond acceptors (Lipinski definition) is 3. The number of hydrogen-bond donors (Lipinski definition) is 0. The Morgan fingerprint density at radius 3 is 1.98 bits per heavy atom. The first-order chi connectivity index (χ1) is 26.8. The van der Waals surface area contributed by atoms with Gasteiger partial charge in [0.2, 0.25) is 0 Å². The summed E-state index contributed by atoms with van der Waals surface area (Å²) in [5.41, 5.74) is 10.4.